The lowest BCUT2D eigenvalue weighted by Gasteiger charge is -2.41. The van der Waals surface area contributed by atoms with Crippen LogP contribution >= 0.6 is 0 Å². The van der Waals surface area contributed by atoms with Crippen molar-refractivity contribution in [2.45, 2.75) is 136 Å². The van der Waals surface area contributed by atoms with E-state index in [2.05, 4.69) is 19.2 Å². The maximum Gasteiger partial charge on any atom is 0.250 e. The molecule has 2 aliphatic rings. The maximum absolute atomic E-state index is 14.7. The van der Waals surface area contributed by atoms with Gasteiger partial charge >= 0.3 is 0 Å². The Morgan fingerprint density at radius 1 is 0.778 bits per heavy atom. The Labute approximate surface area is 378 Å². The molecule has 350 valence electrons. The number of methoxy groups -OCH3 is 2. The second-order valence-electron chi connectivity index (χ2n) is 18.7. The average Bonchev–Trinajstić information content (AvgIpc) is 3.78. The topological polar surface area (TPSA) is 135 Å². The van der Waals surface area contributed by atoms with Gasteiger partial charge < -0.3 is 24.6 Å². The molecule has 2 aromatic carbocycles. The predicted molar refractivity (Wildman–Crippen MR) is 247 cm³/mol. The van der Waals surface area contributed by atoms with Crippen molar-refractivity contribution in [1.82, 2.24) is 20.2 Å². The van der Waals surface area contributed by atoms with Crippen molar-refractivity contribution in [3.05, 3.63) is 71.8 Å². The number of amides is 3. The standard InChI is InChI=1S/C51H78N4O8/c1-12-35(6)48(53(9)50(59)39(33(2)3)30-43(57)47(52-8)34(4)5)44(61-10)32-45(58)54-27-21-26-41(54)49(62-11)36(7)42(56)31-40(51(60)55-28-19-20-29-63-55)46(37-22-15-13-16-23-37)38-24-17-14-18-25-38/h13-18,22-25,33-36,39-41,44,46-49,52H,12,19-21,26-32H2,1-11H3/t35-,36-,39-,40-,41-,44+,47-,48-,49+/m0/s1. The molecule has 1 N–H and O–H groups in total. The summed E-state index contributed by atoms with van der Waals surface area (Å²) >= 11 is 0. The Balaban J connectivity index is 1.57. The van der Waals surface area contributed by atoms with Gasteiger partial charge in [-0.25, -0.2) is 5.06 Å². The number of carbonyl (C=O) groups is 5. The van der Waals surface area contributed by atoms with E-state index >= 15 is 0 Å². The molecule has 0 aromatic heterocycles. The minimum Gasteiger partial charge on any atom is -0.379 e. The predicted octanol–water partition coefficient (Wildman–Crippen LogP) is 7.34. The summed E-state index contributed by atoms with van der Waals surface area (Å²) in [6.07, 6.45) is 2.71. The summed E-state index contributed by atoms with van der Waals surface area (Å²) < 4.78 is 12.3. The molecule has 2 aliphatic heterocycles. The zero-order valence-electron chi connectivity index (χ0n) is 40.1. The van der Waals surface area contributed by atoms with Crippen LogP contribution in [0.2, 0.25) is 0 Å². The number of hydroxylamine groups is 2. The molecule has 9 atom stereocenters. The number of nitrogens with one attached hydrogen (secondary N) is 1. The van der Waals surface area contributed by atoms with Gasteiger partial charge in [-0.15, -0.1) is 0 Å². The van der Waals surface area contributed by atoms with Crippen LogP contribution in [0.25, 0.3) is 0 Å². The Bertz CT molecular complexity index is 1710. The summed E-state index contributed by atoms with van der Waals surface area (Å²) in [4.78, 5) is 81.0. The summed E-state index contributed by atoms with van der Waals surface area (Å²) in [5.41, 5.74) is 1.88. The number of hydrogen-bond acceptors (Lipinski definition) is 9. The van der Waals surface area contributed by atoms with Gasteiger partial charge in [0.2, 0.25) is 11.8 Å². The smallest absolute Gasteiger partial charge is 0.250 e. The molecular weight excluding hydrogens is 797 g/mol. The highest BCUT2D eigenvalue weighted by Crippen LogP contribution is 2.38. The van der Waals surface area contributed by atoms with E-state index in [9.17, 15) is 24.0 Å². The quantitative estimate of drug-likeness (QED) is 0.115. The van der Waals surface area contributed by atoms with Gasteiger partial charge in [-0.3, -0.25) is 28.8 Å². The number of ether oxygens (including phenoxy) is 2. The fourth-order valence-electron chi connectivity index (χ4n) is 10.1. The molecule has 12 heteroatoms. The molecular formula is C51H78N4O8. The van der Waals surface area contributed by atoms with E-state index in [-0.39, 0.29) is 78.4 Å². The van der Waals surface area contributed by atoms with E-state index < -0.39 is 41.9 Å². The molecule has 12 nitrogen and oxygen atoms in total. The fraction of sp³-hybridized carbons (Fsp3) is 0.667. The van der Waals surface area contributed by atoms with Crippen molar-refractivity contribution >= 4 is 29.3 Å². The first-order valence-electron chi connectivity index (χ1n) is 23.5. The summed E-state index contributed by atoms with van der Waals surface area (Å²) in [5, 5.41) is 4.58. The molecule has 0 spiro atoms. The number of rotatable bonds is 24. The Hall–Kier alpha value is -3.97. The maximum atomic E-state index is 14.7. The van der Waals surface area contributed by atoms with Crippen LogP contribution in [0.3, 0.4) is 0 Å². The number of likely N-dealkylation sites (N-methyl/N-ethyl adjacent to an activating group) is 2. The zero-order valence-corrected chi connectivity index (χ0v) is 40.1. The van der Waals surface area contributed by atoms with Crippen molar-refractivity contribution in [1.29, 1.82) is 0 Å². The highest BCUT2D eigenvalue weighted by molar-refractivity contribution is 5.91. The van der Waals surface area contributed by atoms with Crippen molar-refractivity contribution in [2.75, 3.05) is 48.0 Å². The van der Waals surface area contributed by atoms with Crippen LogP contribution in [0.1, 0.15) is 117 Å². The first-order valence-corrected chi connectivity index (χ1v) is 23.5. The number of nitrogens with zero attached hydrogens (tertiary/aromatic N) is 3. The highest BCUT2D eigenvalue weighted by Gasteiger charge is 2.45. The third-order valence-electron chi connectivity index (χ3n) is 13.9. The van der Waals surface area contributed by atoms with Crippen LogP contribution in [0.15, 0.2) is 60.7 Å². The normalized spacial score (nSPS) is 19.6. The first kappa shape index (κ1) is 51.7. The number of benzene rings is 2. The van der Waals surface area contributed by atoms with Crippen molar-refractivity contribution in [3.63, 3.8) is 0 Å². The zero-order chi connectivity index (χ0) is 46.4. The van der Waals surface area contributed by atoms with Crippen LogP contribution in [-0.2, 0) is 38.3 Å². The molecule has 0 radical (unpaired) electrons. The number of hydrogen-bond donors (Lipinski definition) is 1. The number of likely N-dealkylation sites (tertiary alicyclic amines) is 1. The molecule has 2 aromatic rings. The molecule has 2 saturated heterocycles. The summed E-state index contributed by atoms with van der Waals surface area (Å²) in [6, 6.07) is 18.6. The van der Waals surface area contributed by atoms with Gasteiger partial charge in [-0.2, -0.15) is 0 Å². The number of carbonyl (C=O) groups excluding carboxylic acids is 5. The van der Waals surface area contributed by atoms with E-state index in [4.69, 9.17) is 14.3 Å². The van der Waals surface area contributed by atoms with Gasteiger partial charge in [-0.1, -0.05) is 116 Å². The van der Waals surface area contributed by atoms with Crippen molar-refractivity contribution in [3.8, 4) is 0 Å². The fourth-order valence-corrected chi connectivity index (χ4v) is 10.1. The van der Waals surface area contributed by atoms with Crippen molar-refractivity contribution in [2.24, 2.45) is 35.5 Å². The first-order chi connectivity index (χ1) is 30.1. The minimum absolute atomic E-state index is 0.0114. The lowest BCUT2D eigenvalue weighted by molar-refractivity contribution is -0.202. The van der Waals surface area contributed by atoms with E-state index in [1.165, 1.54) is 5.06 Å². The van der Waals surface area contributed by atoms with Crippen LogP contribution in [-0.4, -0.2) is 122 Å². The molecule has 4 rings (SSSR count). The molecule has 0 saturated carbocycles. The van der Waals surface area contributed by atoms with Gasteiger partial charge in [0, 0.05) is 65.0 Å². The molecule has 0 aliphatic carbocycles. The SMILES string of the molecule is CC[C@H](C)[C@@H]([C@@H](CC(=O)N1CCC[C@H]1[C@H](OC)[C@@H](C)C(=O)C[C@H](C(=O)N1CCCCO1)C(c1ccccc1)c1ccccc1)OC)N(C)C(=O)[C@@H](CC(=O)[C@@H](NC)C(C)C)C(C)C. The summed E-state index contributed by atoms with van der Waals surface area (Å²) in [6.45, 7) is 15.3. The molecule has 3 amide bonds. The minimum atomic E-state index is -0.741. The summed E-state index contributed by atoms with van der Waals surface area (Å²) in [5.74, 6) is -2.90. The third kappa shape index (κ3) is 13.1. The van der Waals surface area contributed by atoms with E-state index in [0.717, 1.165) is 36.8 Å². The monoisotopic (exact) mass is 875 g/mol. The summed E-state index contributed by atoms with van der Waals surface area (Å²) in [7, 11) is 6.72. The molecule has 0 unspecified atom stereocenters. The van der Waals surface area contributed by atoms with Crippen LogP contribution in [0.5, 0.6) is 0 Å². The lowest BCUT2D eigenvalue weighted by atomic mass is 9.76. The van der Waals surface area contributed by atoms with Gasteiger partial charge in [0.05, 0.1) is 49.3 Å². The van der Waals surface area contributed by atoms with Crippen LogP contribution in [0, 0.1) is 35.5 Å². The molecule has 2 heterocycles. The van der Waals surface area contributed by atoms with Gasteiger partial charge in [0.15, 0.2) is 5.78 Å². The molecule has 2 fully saturated rings. The Kier molecular flexibility index (Phi) is 20.4. The average molecular weight is 875 g/mol. The Morgan fingerprint density at radius 3 is 1.87 bits per heavy atom. The second kappa shape index (κ2) is 24.9. The Morgan fingerprint density at radius 2 is 1.38 bits per heavy atom. The molecule has 63 heavy (non-hydrogen) atoms. The van der Waals surface area contributed by atoms with E-state index in [0.29, 0.717) is 26.1 Å². The lowest BCUT2D eigenvalue weighted by Crippen LogP contribution is -2.54. The number of ketones is 2. The van der Waals surface area contributed by atoms with Gasteiger partial charge in [0.1, 0.15) is 5.78 Å². The number of Topliss-reactive ketones (excluding diaryl/α,β-unsaturated/α-hetero) is 2. The highest BCUT2D eigenvalue weighted by atomic mass is 16.7. The van der Waals surface area contributed by atoms with Crippen LogP contribution < -0.4 is 5.32 Å². The molecule has 0 bridgehead atoms. The third-order valence-corrected chi connectivity index (χ3v) is 13.9. The van der Waals surface area contributed by atoms with E-state index in [1.54, 1.807) is 33.2 Å². The van der Waals surface area contributed by atoms with Crippen molar-refractivity contribution < 1.29 is 38.3 Å². The van der Waals surface area contributed by atoms with Gasteiger partial charge in [0.25, 0.3) is 5.91 Å². The van der Waals surface area contributed by atoms with Gasteiger partial charge in [-0.05, 0) is 61.6 Å². The largest absolute Gasteiger partial charge is 0.379 e. The second-order valence-corrected chi connectivity index (χ2v) is 18.7. The van der Waals surface area contributed by atoms with Crippen LogP contribution in [0.4, 0.5) is 0 Å². The van der Waals surface area contributed by atoms with E-state index in [1.807, 2.05) is 100 Å².